The highest BCUT2D eigenvalue weighted by atomic mass is 35.5. The second-order valence-electron chi connectivity index (χ2n) is 5.12. The smallest absolute Gasteiger partial charge is 0.243 e. The van der Waals surface area contributed by atoms with Crippen molar-refractivity contribution in [3.8, 4) is 11.1 Å². The summed E-state index contributed by atoms with van der Waals surface area (Å²) >= 11 is 5.86. The zero-order valence-electron chi connectivity index (χ0n) is 12.8. The first-order valence-corrected chi connectivity index (χ1v) is 7.31. The van der Waals surface area contributed by atoms with Crippen molar-refractivity contribution in [3.05, 3.63) is 53.3 Å². The van der Waals surface area contributed by atoms with Crippen molar-refractivity contribution in [2.75, 3.05) is 18.9 Å². The average Bonchev–Trinajstić information content (AvgIpc) is 2.49. The quantitative estimate of drug-likeness (QED) is 0.929. The van der Waals surface area contributed by atoms with Crippen LogP contribution in [0.15, 0.2) is 42.5 Å². The van der Waals surface area contributed by atoms with Crippen LogP contribution in [0.25, 0.3) is 11.1 Å². The molecule has 1 N–H and O–H groups in total. The summed E-state index contributed by atoms with van der Waals surface area (Å²) in [5.41, 5.74) is 1.74. The third kappa shape index (κ3) is 4.53. The Bertz CT molecular complexity index is 732. The van der Waals surface area contributed by atoms with Gasteiger partial charge >= 0.3 is 0 Å². The molecule has 0 heterocycles. The van der Waals surface area contributed by atoms with Crippen LogP contribution in [0.5, 0.6) is 0 Å². The number of benzene rings is 2. The number of carbonyl (C=O) groups is 2. The van der Waals surface area contributed by atoms with E-state index in [2.05, 4.69) is 5.32 Å². The van der Waals surface area contributed by atoms with E-state index in [0.29, 0.717) is 16.3 Å². The van der Waals surface area contributed by atoms with E-state index in [4.69, 9.17) is 11.6 Å². The highest BCUT2D eigenvalue weighted by Gasteiger charge is 2.13. The van der Waals surface area contributed by atoms with Crippen LogP contribution in [0.3, 0.4) is 0 Å². The standard InChI is InChI=1S/C17H16ClFN2O2/c1-11(22)21(2)10-17(23)20-16-8-7-14(19)9-15(16)12-3-5-13(18)6-4-12/h3-9H,10H2,1-2H3,(H,20,23). The van der Waals surface area contributed by atoms with Crippen molar-refractivity contribution in [3.63, 3.8) is 0 Å². The highest BCUT2D eigenvalue weighted by molar-refractivity contribution is 6.30. The summed E-state index contributed by atoms with van der Waals surface area (Å²) in [6.45, 7) is 1.30. The fourth-order valence-electron chi connectivity index (χ4n) is 2.01. The molecular weight excluding hydrogens is 319 g/mol. The maximum Gasteiger partial charge on any atom is 0.243 e. The number of amides is 2. The molecule has 0 unspecified atom stereocenters. The lowest BCUT2D eigenvalue weighted by Gasteiger charge is -2.16. The first-order valence-electron chi connectivity index (χ1n) is 6.94. The molecule has 4 nitrogen and oxygen atoms in total. The van der Waals surface area contributed by atoms with E-state index in [1.807, 2.05) is 0 Å². The molecule has 0 aromatic heterocycles. The predicted octanol–water partition coefficient (Wildman–Crippen LogP) is 3.56. The van der Waals surface area contributed by atoms with Gasteiger partial charge in [-0.15, -0.1) is 0 Å². The molecule has 0 atom stereocenters. The lowest BCUT2D eigenvalue weighted by Crippen LogP contribution is -2.33. The number of likely N-dealkylation sites (N-methyl/N-ethyl adjacent to an activating group) is 1. The van der Waals surface area contributed by atoms with Gasteiger partial charge in [0, 0.05) is 30.2 Å². The number of anilines is 1. The number of carbonyl (C=O) groups excluding carboxylic acids is 2. The highest BCUT2D eigenvalue weighted by Crippen LogP contribution is 2.29. The SMILES string of the molecule is CC(=O)N(C)CC(=O)Nc1ccc(F)cc1-c1ccc(Cl)cc1. The Kier molecular flexibility index (Phi) is 5.34. The Morgan fingerprint density at radius 3 is 2.43 bits per heavy atom. The van der Waals surface area contributed by atoms with Gasteiger partial charge < -0.3 is 10.2 Å². The molecule has 0 saturated heterocycles. The van der Waals surface area contributed by atoms with E-state index in [0.717, 1.165) is 5.56 Å². The molecule has 0 saturated carbocycles. The maximum atomic E-state index is 13.6. The van der Waals surface area contributed by atoms with Crippen LogP contribution < -0.4 is 5.32 Å². The van der Waals surface area contributed by atoms with Gasteiger partial charge in [-0.05, 0) is 35.9 Å². The molecule has 2 aromatic rings. The second kappa shape index (κ2) is 7.24. The summed E-state index contributed by atoms with van der Waals surface area (Å²) in [5.74, 6) is -0.976. The van der Waals surface area contributed by atoms with Gasteiger partial charge in [-0.3, -0.25) is 9.59 Å². The van der Waals surface area contributed by atoms with Crippen molar-refractivity contribution in [2.24, 2.45) is 0 Å². The van der Waals surface area contributed by atoms with Gasteiger partial charge in [0.25, 0.3) is 0 Å². The zero-order valence-corrected chi connectivity index (χ0v) is 13.5. The normalized spacial score (nSPS) is 10.3. The topological polar surface area (TPSA) is 49.4 Å². The van der Waals surface area contributed by atoms with Crippen LogP contribution >= 0.6 is 11.6 Å². The molecule has 0 aliphatic rings. The lowest BCUT2D eigenvalue weighted by molar-refractivity contribution is -0.131. The molecule has 0 spiro atoms. The Labute approximate surface area is 138 Å². The van der Waals surface area contributed by atoms with E-state index in [-0.39, 0.29) is 18.4 Å². The van der Waals surface area contributed by atoms with Crippen molar-refractivity contribution in [2.45, 2.75) is 6.92 Å². The molecule has 0 aliphatic carbocycles. The molecule has 2 aromatic carbocycles. The number of halogens is 2. The fraction of sp³-hybridized carbons (Fsp3) is 0.176. The monoisotopic (exact) mass is 334 g/mol. The zero-order chi connectivity index (χ0) is 17.0. The minimum Gasteiger partial charge on any atom is -0.337 e. The van der Waals surface area contributed by atoms with E-state index in [1.165, 1.54) is 37.1 Å². The summed E-state index contributed by atoms with van der Waals surface area (Å²) in [5, 5.41) is 3.27. The van der Waals surface area contributed by atoms with Crippen molar-refractivity contribution < 1.29 is 14.0 Å². The predicted molar refractivity (Wildman–Crippen MR) is 88.8 cm³/mol. The van der Waals surface area contributed by atoms with Crippen LogP contribution in [-0.2, 0) is 9.59 Å². The van der Waals surface area contributed by atoms with Gasteiger partial charge in [0.05, 0.1) is 6.54 Å². The molecule has 120 valence electrons. The van der Waals surface area contributed by atoms with Gasteiger partial charge in [0.15, 0.2) is 0 Å². The van der Waals surface area contributed by atoms with E-state index in [9.17, 15) is 14.0 Å². The summed E-state index contributed by atoms with van der Waals surface area (Å²) in [7, 11) is 1.53. The van der Waals surface area contributed by atoms with Gasteiger partial charge in [-0.25, -0.2) is 4.39 Å². The lowest BCUT2D eigenvalue weighted by atomic mass is 10.0. The largest absolute Gasteiger partial charge is 0.337 e. The van der Waals surface area contributed by atoms with Crippen molar-refractivity contribution >= 4 is 29.1 Å². The average molecular weight is 335 g/mol. The molecule has 0 bridgehead atoms. The molecule has 6 heteroatoms. The number of nitrogens with one attached hydrogen (secondary N) is 1. The van der Waals surface area contributed by atoms with Crippen molar-refractivity contribution in [1.82, 2.24) is 4.90 Å². The third-order valence-electron chi connectivity index (χ3n) is 3.33. The van der Waals surface area contributed by atoms with E-state index in [1.54, 1.807) is 24.3 Å². The molecule has 0 aliphatic heterocycles. The number of hydrogen-bond acceptors (Lipinski definition) is 2. The van der Waals surface area contributed by atoms with Gasteiger partial charge in [0.2, 0.25) is 11.8 Å². The fourth-order valence-corrected chi connectivity index (χ4v) is 2.14. The summed E-state index contributed by atoms with van der Waals surface area (Å²) < 4.78 is 13.6. The number of rotatable bonds is 4. The second-order valence-corrected chi connectivity index (χ2v) is 5.56. The molecule has 2 amide bonds. The molecule has 2 rings (SSSR count). The van der Waals surface area contributed by atoms with E-state index < -0.39 is 5.82 Å². The minimum atomic E-state index is -0.409. The van der Waals surface area contributed by atoms with Crippen molar-refractivity contribution in [1.29, 1.82) is 0 Å². The van der Waals surface area contributed by atoms with Gasteiger partial charge in [-0.2, -0.15) is 0 Å². The minimum absolute atomic E-state index is 0.0766. The van der Waals surface area contributed by atoms with Gasteiger partial charge in [0.1, 0.15) is 5.82 Å². The maximum absolute atomic E-state index is 13.6. The summed E-state index contributed by atoms with van der Waals surface area (Å²) in [6, 6.07) is 11.0. The van der Waals surface area contributed by atoms with E-state index >= 15 is 0 Å². The Balaban J connectivity index is 2.27. The first kappa shape index (κ1) is 17.0. The number of nitrogens with zero attached hydrogens (tertiary/aromatic N) is 1. The molecule has 23 heavy (non-hydrogen) atoms. The van der Waals surface area contributed by atoms with Crippen LogP contribution in [0.1, 0.15) is 6.92 Å². The Morgan fingerprint density at radius 1 is 1.17 bits per heavy atom. The third-order valence-corrected chi connectivity index (χ3v) is 3.58. The van der Waals surface area contributed by atoms with Crippen LogP contribution in [0.2, 0.25) is 5.02 Å². The first-order chi connectivity index (χ1) is 10.9. The van der Waals surface area contributed by atoms with Crippen LogP contribution in [0.4, 0.5) is 10.1 Å². The summed E-state index contributed by atoms with van der Waals surface area (Å²) in [4.78, 5) is 24.5. The van der Waals surface area contributed by atoms with Crippen LogP contribution in [0, 0.1) is 5.82 Å². The summed E-state index contributed by atoms with van der Waals surface area (Å²) in [6.07, 6.45) is 0. The number of hydrogen-bond donors (Lipinski definition) is 1. The molecule has 0 fully saturated rings. The Hall–Kier alpha value is -2.40. The Morgan fingerprint density at radius 2 is 1.83 bits per heavy atom. The van der Waals surface area contributed by atoms with Crippen LogP contribution in [-0.4, -0.2) is 30.3 Å². The molecular formula is C17H16ClFN2O2. The molecule has 0 radical (unpaired) electrons. The van der Waals surface area contributed by atoms with Gasteiger partial charge in [-0.1, -0.05) is 23.7 Å².